The van der Waals surface area contributed by atoms with Crippen LogP contribution in [0, 0.1) is 12.5 Å². The van der Waals surface area contributed by atoms with Crippen molar-refractivity contribution < 1.29 is 21.7 Å². The second kappa shape index (κ2) is 19.6. The van der Waals surface area contributed by atoms with Gasteiger partial charge >= 0.3 is 21.7 Å². The number of hydrogen-bond donors (Lipinski definition) is 0. The molecule has 0 aliphatic heterocycles. The van der Waals surface area contributed by atoms with Gasteiger partial charge in [-0.3, -0.25) is 6.08 Å². The van der Waals surface area contributed by atoms with Crippen LogP contribution in [0.1, 0.15) is 12.0 Å². The van der Waals surface area contributed by atoms with Crippen molar-refractivity contribution in [2.45, 2.75) is 6.42 Å². The van der Waals surface area contributed by atoms with Gasteiger partial charge in [0.1, 0.15) is 0 Å². The van der Waals surface area contributed by atoms with Crippen LogP contribution < -0.4 is 0 Å². The minimum Gasteiger partial charge on any atom is -0.273 e. The molecule has 0 saturated carbocycles. The van der Waals surface area contributed by atoms with Crippen molar-refractivity contribution in [3.8, 4) is 0 Å². The first-order chi connectivity index (χ1) is 7.79. The molecule has 112 valence electrons. The van der Waals surface area contributed by atoms with Gasteiger partial charge in [-0.15, -0.1) is 63.7 Å². The zero-order valence-corrected chi connectivity index (χ0v) is 16.7. The van der Waals surface area contributed by atoms with Crippen LogP contribution in [0.3, 0.4) is 0 Å². The molecular formula is C15H22Cl3PTi. The van der Waals surface area contributed by atoms with E-state index >= 15 is 0 Å². The van der Waals surface area contributed by atoms with Crippen LogP contribution >= 0.6 is 45.1 Å². The molecule has 20 heavy (non-hydrogen) atoms. The number of benzene rings is 1. The Morgan fingerprint density at radius 2 is 1.70 bits per heavy atom. The Morgan fingerprint density at radius 1 is 1.10 bits per heavy atom. The van der Waals surface area contributed by atoms with Crippen LogP contribution in [0.2, 0.25) is 0 Å². The fourth-order valence-corrected chi connectivity index (χ4v) is 1.79. The van der Waals surface area contributed by atoms with Gasteiger partial charge in [0.05, 0.1) is 0 Å². The Labute approximate surface area is 158 Å². The topological polar surface area (TPSA) is 0 Å². The van der Waals surface area contributed by atoms with E-state index in [4.69, 9.17) is 0 Å². The van der Waals surface area contributed by atoms with Crippen molar-refractivity contribution in [2.24, 2.45) is 0 Å². The molecule has 0 atom stereocenters. The first-order valence-corrected chi connectivity index (χ1v) is 7.96. The third kappa shape index (κ3) is 16.6. The summed E-state index contributed by atoms with van der Waals surface area (Å²) in [5.74, 6) is 0. The molecule has 0 unspecified atom stereocenters. The van der Waals surface area contributed by atoms with Crippen LogP contribution in [-0.2, 0) is 21.7 Å². The van der Waals surface area contributed by atoms with Gasteiger partial charge in [0.25, 0.3) is 0 Å². The summed E-state index contributed by atoms with van der Waals surface area (Å²) in [5.41, 5.74) is 1.35. The summed E-state index contributed by atoms with van der Waals surface area (Å²) in [6, 6.07) is 10.5. The van der Waals surface area contributed by atoms with Crippen molar-refractivity contribution in [2.75, 3.05) is 19.5 Å². The number of halogens is 3. The van der Waals surface area contributed by atoms with Gasteiger partial charge in [-0.2, -0.15) is 30.2 Å². The van der Waals surface area contributed by atoms with Crippen LogP contribution in [0.25, 0.3) is 0 Å². The molecule has 0 spiro atoms. The zero-order valence-electron chi connectivity index (χ0n) is 11.8. The van der Waals surface area contributed by atoms with Crippen LogP contribution in [0.5, 0.6) is 0 Å². The molecule has 1 aromatic carbocycles. The van der Waals surface area contributed by atoms with Gasteiger partial charge in [-0.25, -0.2) is 12.2 Å². The largest absolute Gasteiger partial charge is 2.00 e. The summed E-state index contributed by atoms with van der Waals surface area (Å²) < 4.78 is 0. The predicted octanol–water partition coefficient (Wildman–Crippen LogP) is 5.55. The second-order valence-corrected chi connectivity index (χ2v) is 6.40. The molecule has 0 saturated heterocycles. The Bertz CT molecular complexity index is 330. The zero-order chi connectivity index (χ0) is 11.6. The SMILES string of the molecule is CP(C)C[CH-]c1ccccc1.Cl.Cl.Cl.[C-]1=CC=CC1.[Ti+2]. The molecule has 0 nitrogen and oxygen atoms in total. The normalized spacial score (nSPS) is 9.95. The smallest absolute Gasteiger partial charge is 0.273 e. The van der Waals surface area contributed by atoms with Gasteiger partial charge in [0.2, 0.25) is 0 Å². The minimum atomic E-state index is 0. The maximum atomic E-state index is 2.99. The number of hydrogen-bond acceptors (Lipinski definition) is 0. The summed E-state index contributed by atoms with van der Waals surface area (Å²) in [6.07, 6.45) is 13.5. The molecular weight excluding hydrogens is 365 g/mol. The third-order valence-electron chi connectivity index (χ3n) is 2.08. The average molecular weight is 388 g/mol. The van der Waals surface area contributed by atoms with E-state index in [1.54, 1.807) is 0 Å². The monoisotopic (exact) mass is 386 g/mol. The van der Waals surface area contributed by atoms with E-state index in [2.05, 4.69) is 62.2 Å². The molecule has 1 aliphatic carbocycles. The van der Waals surface area contributed by atoms with Crippen LogP contribution in [-0.4, -0.2) is 19.5 Å². The molecule has 0 N–H and O–H groups in total. The molecule has 0 radical (unpaired) electrons. The Morgan fingerprint density at radius 3 is 2.05 bits per heavy atom. The van der Waals surface area contributed by atoms with Crippen molar-refractivity contribution in [1.82, 2.24) is 0 Å². The molecule has 2 rings (SSSR count). The van der Waals surface area contributed by atoms with E-state index in [-0.39, 0.29) is 66.9 Å². The van der Waals surface area contributed by atoms with E-state index < -0.39 is 0 Å². The minimum absolute atomic E-state index is 0. The van der Waals surface area contributed by atoms with Gasteiger partial charge in [0.15, 0.2) is 0 Å². The quantitative estimate of drug-likeness (QED) is 0.362. The van der Waals surface area contributed by atoms with E-state index in [0.717, 1.165) is 6.42 Å². The first kappa shape index (κ1) is 28.7. The van der Waals surface area contributed by atoms with Crippen molar-refractivity contribution >= 4 is 45.1 Å². The molecule has 0 amide bonds. The second-order valence-electron chi connectivity index (χ2n) is 3.88. The van der Waals surface area contributed by atoms with Crippen molar-refractivity contribution in [3.63, 3.8) is 0 Å². The molecule has 0 heterocycles. The standard InChI is InChI=1S/C10H14P.C5H5.3ClH.Ti/c1-11(2)9-8-10-6-4-3-5-7-10;1-2-4-5-3-1;;;;/h3-8H,9H2,1-2H3;1-3H,4H2;3*1H;/q2*-1;;;;+2. The summed E-state index contributed by atoms with van der Waals surface area (Å²) in [5, 5.41) is 0. The summed E-state index contributed by atoms with van der Waals surface area (Å²) in [6.45, 7) is 4.60. The fraction of sp³-hybridized carbons (Fsp3) is 0.267. The molecule has 1 aliphatic rings. The van der Waals surface area contributed by atoms with Crippen LogP contribution in [0.4, 0.5) is 0 Å². The van der Waals surface area contributed by atoms with E-state index in [1.807, 2.05) is 12.2 Å². The van der Waals surface area contributed by atoms with Gasteiger partial charge in [-0.1, -0.05) is 12.2 Å². The van der Waals surface area contributed by atoms with E-state index in [0.29, 0.717) is 0 Å². The number of rotatable bonds is 3. The summed E-state index contributed by atoms with van der Waals surface area (Å²) >= 11 is 0. The van der Waals surface area contributed by atoms with E-state index in [1.165, 1.54) is 11.7 Å². The van der Waals surface area contributed by atoms with Crippen molar-refractivity contribution in [3.05, 3.63) is 66.6 Å². The Hall–Kier alpha value is 0.584. The van der Waals surface area contributed by atoms with Crippen molar-refractivity contribution in [1.29, 1.82) is 0 Å². The van der Waals surface area contributed by atoms with Crippen LogP contribution in [0.15, 0.2) is 48.6 Å². The van der Waals surface area contributed by atoms with Gasteiger partial charge < -0.3 is 0 Å². The van der Waals surface area contributed by atoms with E-state index in [9.17, 15) is 0 Å². The molecule has 0 aromatic heterocycles. The Kier molecular flexibility index (Phi) is 28.1. The maximum absolute atomic E-state index is 2.99. The maximum Gasteiger partial charge on any atom is 2.00 e. The summed E-state index contributed by atoms with van der Waals surface area (Å²) in [4.78, 5) is 0. The average Bonchev–Trinajstić information content (AvgIpc) is 2.86. The first-order valence-electron chi connectivity index (χ1n) is 5.54. The number of allylic oxidation sites excluding steroid dienone is 4. The third-order valence-corrected chi connectivity index (χ3v) is 2.99. The van der Waals surface area contributed by atoms with Gasteiger partial charge in [0, 0.05) is 0 Å². The Balaban J connectivity index is -0.000000124. The van der Waals surface area contributed by atoms with Gasteiger partial charge in [-0.05, 0) is 13.3 Å². The molecule has 0 fully saturated rings. The summed E-state index contributed by atoms with van der Waals surface area (Å²) in [7, 11) is 0.220. The predicted molar refractivity (Wildman–Crippen MR) is 96.8 cm³/mol. The fourth-order valence-electron chi connectivity index (χ4n) is 1.22. The molecule has 5 heteroatoms. The molecule has 0 bridgehead atoms. The molecule has 1 aromatic rings.